The Morgan fingerprint density at radius 1 is 1.33 bits per heavy atom. The number of hydrogen-bond acceptors (Lipinski definition) is 5. The highest BCUT2D eigenvalue weighted by atomic mass is 16.7. The number of ether oxygens (including phenoxy) is 3. The lowest BCUT2D eigenvalue weighted by Crippen LogP contribution is -2.49. The van der Waals surface area contributed by atoms with Gasteiger partial charge in [0.1, 0.15) is 0 Å². The third kappa shape index (κ3) is 5.44. The highest BCUT2D eigenvalue weighted by Crippen LogP contribution is 2.16. The molecule has 5 heteroatoms. The van der Waals surface area contributed by atoms with Gasteiger partial charge < -0.3 is 24.6 Å². The standard InChI is InChI=1S/C10H21NO4/c1-10(2)14-7-9(8-15-10)11-3-5-13-6-4-12/h9,11-12H,3-8H2,1-2H3. The van der Waals surface area contributed by atoms with Crippen molar-refractivity contribution < 1.29 is 19.3 Å². The summed E-state index contributed by atoms with van der Waals surface area (Å²) in [6.45, 7) is 6.95. The molecule has 15 heavy (non-hydrogen) atoms. The molecule has 1 heterocycles. The third-order valence-electron chi connectivity index (χ3n) is 2.18. The van der Waals surface area contributed by atoms with Gasteiger partial charge in [-0.15, -0.1) is 0 Å². The quantitative estimate of drug-likeness (QED) is 0.603. The molecule has 1 rings (SSSR count). The first kappa shape index (κ1) is 12.9. The van der Waals surface area contributed by atoms with Crippen molar-refractivity contribution in [2.75, 3.05) is 39.6 Å². The average molecular weight is 219 g/mol. The second kappa shape index (κ2) is 6.40. The zero-order valence-corrected chi connectivity index (χ0v) is 9.49. The summed E-state index contributed by atoms with van der Waals surface area (Å²) in [5, 5.41) is 11.7. The van der Waals surface area contributed by atoms with Gasteiger partial charge in [0, 0.05) is 6.54 Å². The Kier molecular flexibility index (Phi) is 5.49. The molecule has 0 saturated carbocycles. The molecule has 90 valence electrons. The minimum atomic E-state index is -0.453. The van der Waals surface area contributed by atoms with Gasteiger partial charge in [0.15, 0.2) is 5.79 Å². The molecule has 1 saturated heterocycles. The van der Waals surface area contributed by atoms with Crippen LogP contribution in [0.2, 0.25) is 0 Å². The van der Waals surface area contributed by atoms with E-state index in [0.29, 0.717) is 26.4 Å². The predicted octanol–water partition coefficient (Wildman–Crippen LogP) is -0.264. The summed E-state index contributed by atoms with van der Waals surface area (Å²) in [7, 11) is 0. The van der Waals surface area contributed by atoms with Crippen molar-refractivity contribution in [2.45, 2.75) is 25.7 Å². The first-order valence-electron chi connectivity index (χ1n) is 5.34. The maximum absolute atomic E-state index is 8.49. The minimum Gasteiger partial charge on any atom is -0.394 e. The highest BCUT2D eigenvalue weighted by Gasteiger charge is 2.27. The van der Waals surface area contributed by atoms with Crippen LogP contribution in [0.4, 0.5) is 0 Å². The third-order valence-corrected chi connectivity index (χ3v) is 2.18. The Morgan fingerprint density at radius 3 is 2.60 bits per heavy atom. The van der Waals surface area contributed by atoms with Crippen molar-refractivity contribution in [3.8, 4) is 0 Å². The number of aliphatic hydroxyl groups is 1. The van der Waals surface area contributed by atoms with E-state index in [1.807, 2.05) is 13.8 Å². The number of rotatable bonds is 6. The van der Waals surface area contributed by atoms with E-state index in [9.17, 15) is 0 Å². The molecule has 0 bridgehead atoms. The Balaban J connectivity index is 1.99. The van der Waals surface area contributed by atoms with Crippen molar-refractivity contribution in [2.24, 2.45) is 0 Å². The smallest absolute Gasteiger partial charge is 0.162 e. The second-order valence-corrected chi connectivity index (χ2v) is 4.01. The summed E-state index contributed by atoms with van der Waals surface area (Å²) in [6, 6.07) is 0.232. The molecular formula is C10H21NO4. The van der Waals surface area contributed by atoms with E-state index in [1.165, 1.54) is 0 Å². The summed E-state index contributed by atoms with van der Waals surface area (Å²) in [6.07, 6.45) is 0. The minimum absolute atomic E-state index is 0.0733. The van der Waals surface area contributed by atoms with Crippen LogP contribution in [-0.2, 0) is 14.2 Å². The lowest BCUT2D eigenvalue weighted by molar-refractivity contribution is -0.253. The first-order chi connectivity index (χ1) is 7.14. The molecule has 1 aliphatic heterocycles. The van der Waals surface area contributed by atoms with Crippen LogP contribution >= 0.6 is 0 Å². The zero-order chi connectivity index (χ0) is 11.1. The van der Waals surface area contributed by atoms with Crippen LogP contribution < -0.4 is 5.32 Å². The van der Waals surface area contributed by atoms with Crippen LogP contribution in [0.25, 0.3) is 0 Å². The Bertz CT molecular complexity index is 165. The fraction of sp³-hybridized carbons (Fsp3) is 1.00. The van der Waals surface area contributed by atoms with Crippen molar-refractivity contribution in [3.63, 3.8) is 0 Å². The van der Waals surface area contributed by atoms with Crippen LogP contribution in [0.3, 0.4) is 0 Å². The van der Waals surface area contributed by atoms with Gasteiger partial charge in [-0.3, -0.25) is 0 Å². The lowest BCUT2D eigenvalue weighted by Gasteiger charge is -2.35. The van der Waals surface area contributed by atoms with E-state index < -0.39 is 5.79 Å². The topological polar surface area (TPSA) is 60.0 Å². The molecular weight excluding hydrogens is 198 g/mol. The molecule has 0 amide bonds. The molecule has 0 radical (unpaired) electrons. The molecule has 0 unspecified atom stereocenters. The van der Waals surface area contributed by atoms with E-state index in [-0.39, 0.29) is 12.6 Å². The number of aliphatic hydroxyl groups excluding tert-OH is 1. The van der Waals surface area contributed by atoms with Gasteiger partial charge in [-0.05, 0) is 13.8 Å². The lowest BCUT2D eigenvalue weighted by atomic mass is 10.2. The van der Waals surface area contributed by atoms with Gasteiger partial charge >= 0.3 is 0 Å². The van der Waals surface area contributed by atoms with Gasteiger partial charge in [-0.1, -0.05) is 0 Å². The molecule has 0 aromatic rings. The fourth-order valence-electron chi connectivity index (χ4n) is 1.31. The monoisotopic (exact) mass is 219 g/mol. The maximum atomic E-state index is 8.49. The fourth-order valence-corrected chi connectivity index (χ4v) is 1.31. The van der Waals surface area contributed by atoms with E-state index in [2.05, 4.69) is 5.32 Å². The van der Waals surface area contributed by atoms with Crippen molar-refractivity contribution in [1.29, 1.82) is 0 Å². The molecule has 1 aliphatic rings. The van der Waals surface area contributed by atoms with Crippen molar-refractivity contribution in [3.05, 3.63) is 0 Å². The molecule has 0 aliphatic carbocycles. The summed E-state index contributed by atoms with van der Waals surface area (Å²) >= 11 is 0. The van der Waals surface area contributed by atoms with Crippen LogP contribution in [0.1, 0.15) is 13.8 Å². The zero-order valence-electron chi connectivity index (χ0n) is 9.49. The molecule has 0 spiro atoms. The number of hydrogen-bond donors (Lipinski definition) is 2. The van der Waals surface area contributed by atoms with Gasteiger partial charge in [-0.2, -0.15) is 0 Å². The summed E-state index contributed by atoms with van der Waals surface area (Å²) in [5.41, 5.74) is 0. The Labute approximate surface area is 90.7 Å². The molecule has 0 atom stereocenters. The Morgan fingerprint density at radius 2 is 2.00 bits per heavy atom. The average Bonchev–Trinajstić information content (AvgIpc) is 2.20. The van der Waals surface area contributed by atoms with E-state index in [1.54, 1.807) is 0 Å². The van der Waals surface area contributed by atoms with E-state index in [4.69, 9.17) is 19.3 Å². The first-order valence-corrected chi connectivity index (χ1v) is 5.34. The second-order valence-electron chi connectivity index (χ2n) is 4.01. The van der Waals surface area contributed by atoms with Crippen LogP contribution in [0, 0.1) is 0 Å². The van der Waals surface area contributed by atoms with Gasteiger partial charge in [-0.25, -0.2) is 0 Å². The van der Waals surface area contributed by atoms with E-state index in [0.717, 1.165) is 6.54 Å². The largest absolute Gasteiger partial charge is 0.394 e. The summed E-state index contributed by atoms with van der Waals surface area (Å²) in [5.74, 6) is -0.453. The normalized spacial score (nSPS) is 21.8. The van der Waals surface area contributed by atoms with Crippen LogP contribution in [0.15, 0.2) is 0 Å². The number of nitrogens with one attached hydrogen (secondary N) is 1. The van der Waals surface area contributed by atoms with Crippen molar-refractivity contribution in [1.82, 2.24) is 5.32 Å². The van der Waals surface area contributed by atoms with Crippen LogP contribution in [-0.4, -0.2) is 56.5 Å². The predicted molar refractivity (Wildman–Crippen MR) is 55.7 cm³/mol. The highest BCUT2D eigenvalue weighted by molar-refractivity contribution is 4.72. The maximum Gasteiger partial charge on any atom is 0.162 e. The van der Waals surface area contributed by atoms with Crippen molar-refractivity contribution >= 4 is 0 Å². The van der Waals surface area contributed by atoms with E-state index >= 15 is 0 Å². The molecule has 5 nitrogen and oxygen atoms in total. The summed E-state index contributed by atoms with van der Waals surface area (Å²) in [4.78, 5) is 0. The molecule has 2 N–H and O–H groups in total. The van der Waals surface area contributed by atoms with Gasteiger partial charge in [0.25, 0.3) is 0 Å². The summed E-state index contributed by atoms with van der Waals surface area (Å²) < 4.78 is 16.1. The molecule has 0 aromatic carbocycles. The molecule has 1 fully saturated rings. The van der Waals surface area contributed by atoms with Gasteiger partial charge in [0.2, 0.25) is 0 Å². The molecule has 0 aromatic heterocycles. The van der Waals surface area contributed by atoms with Gasteiger partial charge in [0.05, 0.1) is 39.1 Å². The SMILES string of the molecule is CC1(C)OCC(NCCOCCO)CO1. The van der Waals surface area contributed by atoms with Crippen LogP contribution in [0.5, 0.6) is 0 Å². The Hall–Kier alpha value is -0.200.